The molecular formula is C5H10O2Si. The molecule has 0 aliphatic carbocycles. The summed E-state index contributed by atoms with van der Waals surface area (Å²) >= 11 is 0. The molecule has 0 heterocycles. The summed E-state index contributed by atoms with van der Waals surface area (Å²) in [7, 11) is 0.485. The van der Waals surface area contributed by atoms with E-state index >= 15 is 0 Å². The zero-order valence-electron chi connectivity index (χ0n) is 5.39. The van der Waals surface area contributed by atoms with Crippen molar-refractivity contribution in [2.24, 2.45) is 0 Å². The van der Waals surface area contributed by atoms with Gasteiger partial charge in [0.1, 0.15) is 0 Å². The molecule has 0 aromatic heterocycles. The smallest absolute Gasteiger partial charge is 0.319 e. The molecule has 0 unspecified atom stereocenters. The molecular weight excluding hydrogens is 120 g/mol. The molecule has 0 N–H and O–H groups in total. The van der Waals surface area contributed by atoms with Gasteiger partial charge in [0.2, 0.25) is 10.5 Å². The summed E-state index contributed by atoms with van der Waals surface area (Å²) in [6, 6.07) is 0. The fraction of sp³-hybridized carbons (Fsp3) is 0.400. The van der Waals surface area contributed by atoms with Crippen LogP contribution in [0.4, 0.5) is 0 Å². The van der Waals surface area contributed by atoms with Crippen molar-refractivity contribution in [2.75, 3.05) is 0 Å². The summed E-state index contributed by atoms with van der Waals surface area (Å²) in [5.41, 5.74) is 0.681. The quantitative estimate of drug-likeness (QED) is 0.362. The minimum absolute atomic E-state index is 0.195. The lowest BCUT2D eigenvalue weighted by molar-refractivity contribution is -0.129. The van der Waals surface area contributed by atoms with E-state index in [4.69, 9.17) is 0 Å². The van der Waals surface area contributed by atoms with Crippen molar-refractivity contribution >= 4 is 16.5 Å². The van der Waals surface area contributed by atoms with Gasteiger partial charge < -0.3 is 4.43 Å². The monoisotopic (exact) mass is 130 g/mol. The Labute approximate surface area is 52.1 Å². The number of carbonyl (C=O) groups is 1. The van der Waals surface area contributed by atoms with E-state index in [1.807, 2.05) is 6.92 Å². The lowest BCUT2D eigenvalue weighted by Gasteiger charge is -1.95. The summed E-state index contributed by atoms with van der Waals surface area (Å²) in [6.45, 7) is 3.55. The Morgan fingerprint density at radius 3 is 2.38 bits per heavy atom. The van der Waals surface area contributed by atoms with E-state index in [0.29, 0.717) is 16.1 Å². The maximum atomic E-state index is 10.5. The zero-order chi connectivity index (χ0) is 6.57. The van der Waals surface area contributed by atoms with Crippen molar-refractivity contribution in [3.05, 3.63) is 11.6 Å². The number of carbonyl (C=O) groups excluding carboxylic acids is 1. The molecule has 0 aliphatic heterocycles. The van der Waals surface area contributed by atoms with Gasteiger partial charge in [0.25, 0.3) is 0 Å². The Morgan fingerprint density at radius 1 is 1.75 bits per heavy atom. The standard InChI is InChI=1S/C5H10O2Si/c1-3-4(2)5(6)7-8/h3H,1-2,8H3. The average Bonchev–Trinajstić information content (AvgIpc) is 1.84. The SMILES string of the molecule is CC=C(C)C(=O)O[SiH3]. The van der Waals surface area contributed by atoms with Crippen molar-refractivity contribution in [2.45, 2.75) is 13.8 Å². The van der Waals surface area contributed by atoms with E-state index in [1.54, 1.807) is 13.0 Å². The molecule has 0 saturated heterocycles. The first-order valence-corrected chi connectivity index (χ1v) is 3.25. The lowest BCUT2D eigenvalue weighted by atomic mass is 10.3. The summed E-state index contributed by atoms with van der Waals surface area (Å²) in [5.74, 6) is -0.195. The highest BCUT2D eigenvalue weighted by Gasteiger charge is 1.97. The Morgan fingerprint density at radius 2 is 2.25 bits per heavy atom. The highest BCUT2D eigenvalue weighted by molar-refractivity contribution is 6.08. The number of hydrogen-bond donors (Lipinski definition) is 0. The zero-order valence-corrected chi connectivity index (χ0v) is 7.39. The van der Waals surface area contributed by atoms with Gasteiger partial charge in [-0.3, -0.25) is 0 Å². The van der Waals surface area contributed by atoms with Crippen LogP contribution in [0.2, 0.25) is 0 Å². The first kappa shape index (κ1) is 7.43. The van der Waals surface area contributed by atoms with Gasteiger partial charge in [0, 0.05) is 5.57 Å². The van der Waals surface area contributed by atoms with Gasteiger partial charge in [0.05, 0.1) is 0 Å². The molecule has 0 aromatic rings. The van der Waals surface area contributed by atoms with Gasteiger partial charge >= 0.3 is 5.97 Å². The number of hydrogen-bond acceptors (Lipinski definition) is 2. The second kappa shape index (κ2) is 3.43. The molecule has 0 amide bonds. The van der Waals surface area contributed by atoms with E-state index in [-0.39, 0.29) is 5.97 Å². The van der Waals surface area contributed by atoms with Crippen molar-refractivity contribution in [1.82, 2.24) is 0 Å². The maximum Gasteiger partial charge on any atom is 0.319 e. The normalized spacial score (nSPS) is 11.5. The molecule has 0 fully saturated rings. The molecule has 8 heavy (non-hydrogen) atoms. The van der Waals surface area contributed by atoms with Crippen molar-refractivity contribution in [3.63, 3.8) is 0 Å². The van der Waals surface area contributed by atoms with Crippen LogP contribution in [0.25, 0.3) is 0 Å². The van der Waals surface area contributed by atoms with Crippen LogP contribution in [0.3, 0.4) is 0 Å². The Balaban J connectivity index is 3.83. The molecule has 0 saturated carbocycles. The van der Waals surface area contributed by atoms with Gasteiger partial charge in [-0.05, 0) is 13.8 Å². The topological polar surface area (TPSA) is 26.3 Å². The molecule has 0 bridgehead atoms. The first-order chi connectivity index (χ1) is 3.72. The van der Waals surface area contributed by atoms with E-state index in [2.05, 4.69) is 4.43 Å². The van der Waals surface area contributed by atoms with Crippen LogP contribution in [0, 0.1) is 0 Å². The Kier molecular flexibility index (Phi) is 3.19. The van der Waals surface area contributed by atoms with Gasteiger partial charge in [-0.1, -0.05) is 6.08 Å². The predicted octanol–water partition coefficient (Wildman–Crippen LogP) is -0.224. The van der Waals surface area contributed by atoms with Crippen LogP contribution in [-0.2, 0) is 9.22 Å². The molecule has 0 rings (SSSR count). The molecule has 0 aliphatic rings. The van der Waals surface area contributed by atoms with Crippen molar-refractivity contribution in [1.29, 1.82) is 0 Å². The van der Waals surface area contributed by atoms with Crippen LogP contribution < -0.4 is 0 Å². The number of rotatable bonds is 1. The van der Waals surface area contributed by atoms with Crippen molar-refractivity contribution < 1.29 is 9.22 Å². The van der Waals surface area contributed by atoms with E-state index in [1.165, 1.54) is 0 Å². The maximum absolute atomic E-state index is 10.5. The Hall–Kier alpha value is -0.573. The van der Waals surface area contributed by atoms with Gasteiger partial charge in [0.15, 0.2) is 0 Å². The van der Waals surface area contributed by atoms with Crippen LogP contribution in [0.1, 0.15) is 13.8 Å². The Bertz CT molecular complexity index is 118. The largest absolute Gasteiger partial charge is 0.526 e. The summed E-state index contributed by atoms with van der Waals surface area (Å²) in [6.07, 6.45) is 1.74. The fourth-order valence-electron chi connectivity index (χ4n) is 0.279. The molecule has 0 atom stereocenters. The molecule has 3 heteroatoms. The molecule has 2 nitrogen and oxygen atoms in total. The third-order valence-corrected chi connectivity index (χ3v) is 1.31. The average molecular weight is 130 g/mol. The molecule has 46 valence electrons. The summed E-state index contributed by atoms with van der Waals surface area (Å²) in [4.78, 5) is 10.5. The van der Waals surface area contributed by atoms with Crippen LogP contribution in [-0.4, -0.2) is 16.5 Å². The summed E-state index contributed by atoms with van der Waals surface area (Å²) in [5, 5.41) is 0. The third kappa shape index (κ3) is 1.93. The first-order valence-electron chi connectivity index (χ1n) is 2.43. The minimum atomic E-state index is -0.195. The van der Waals surface area contributed by atoms with E-state index in [9.17, 15) is 4.79 Å². The highest BCUT2D eigenvalue weighted by Crippen LogP contribution is 1.91. The molecule has 0 radical (unpaired) electrons. The molecule has 0 spiro atoms. The van der Waals surface area contributed by atoms with Crippen LogP contribution in [0.15, 0.2) is 11.6 Å². The summed E-state index contributed by atoms with van der Waals surface area (Å²) < 4.78 is 4.53. The van der Waals surface area contributed by atoms with Crippen LogP contribution in [0.5, 0.6) is 0 Å². The minimum Gasteiger partial charge on any atom is -0.526 e. The highest BCUT2D eigenvalue weighted by atomic mass is 28.2. The van der Waals surface area contributed by atoms with E-state index in [0.717, 1.165) is 0 Å². The van der Waals surface area contributed by atoms with Gasteiger partial charge in [-0.2, -0.15) is 0 Å². The van der Waals surface area contributed by atoms with E-state index < -0.39 is 0 Å². The predicted molar refractivity (Wildman–Crippen MR) is 35.5 cm³/mol. The number of allylic oxidation sites excluding steroid dienone is 1. The third-order valence-electron chi connectivity index (χ3n) is 0.940. The lowest BCUT2D eigenvalue weighted by Crippen LogP contribution is -2.01. The van der Waals surface area contributed by atoms with Gasteiger partial charge in [-0.15, -0.1) is 0 Å². The second-order valence-corrected chi connectivity index (χ2v) is 1.87. The fourth-order valence-corrected chi connectivity index (χ4v) is 0.601. The second-order valence-electron chi connectivity index (χ2n) is 1.46. The van der Waals surface area contributed by atoms with Crippen molar-refractivity contribution in [3.8, 4) is 0 Å². The van der Waals surface area contributed by atoms with Crippen LogP contribution >= 0.6 is 0 Å². The van der Waals surface area contributed by atoms with Gasteiger partial charge in [-0.25, -0.2) is 4.79 Å². The molecule has 0 aromatic carbocycles.